The van der Waals surface area contributed by atoms with Crippen molar-refractivity contribution in [3.05, 3.63) is 29.8 Å². The summed E-state index contributed by atoms with van der Waals surface area (Å²) in [6.07, 6.45) is 5.93. The fourth-order valence-corrected chi connectivity index (χ4v) is 3.38. The highest BCUT2D eigenvalue weighted by Crippen LogP contribution is 2.39. The molecule has 144 valence electrons. The van der Waals surface area contributed by atoms with Crippen LogP contribution >= 0.6 is 0 Å². The lowest BCUT2D eigenvalue weighted by Crippen LogP contribution is -2.35. The Morgan fingerprint density at radius 1 is 1.41 bits per heavy atom. The summed E-state index contributed by atoms with van der Waals surface area (Å²) in [7, 11) is 0. The molecule has 9 heteroatoms. The molecular weight excluding hydrogens is 348 g/mol. The number of alkyl carbamates (subject to hydrolysis) is 1. The maximum absolute atomic E-state index is 12.0. The minimum absolute atomic E-state index is 0.124. The number of hydrogen-bond acceptors (Lipinski definition) is 7. The minimum Gasteiger partial charge on any atom is -0.443 e. The first kappa shape index (κ1) is 17.7. The van der Waals surface area contributed by atoms with Crippen molar-refractivity contribution in [1.82, 2.24) is 25.5 Å². The van der Waals surface area contributed by atoms with Gasteiger partial charge >= 0.3 is 6.09 Å². The zero-order valence-corrected chi connectivity index (χ0v) is 15.2. The van der Waals surface area contributed by atoms with Gasteiger partial charge in [-0.05, 0) is 45.1 Å². The standard InChI is InChI=1S/C18H24N6O3/c1-18(5-6-18)27-17(26)20-12-3-2-11(8-12)13-9-15(24-23-13)21-14-4-7-19-16(10-25)22-14/h4,7,9,11-12,25H,2-3,5-6,8,10H2,1H3,(H,20,26)(H2,19,21,22,23,24)/t11-,12+/m0/s1. The van der Waals surface area contributed by atoms with Crippen molar-refractivity contribution in [2.24, 2.45) is 0 Å². The first-order valence-corrected chi connectivity index (χ1v) is 9.28. The van der Waals surface area contributed by atoms with Crippen LogP contribution < -0.4 is 10.6 Å². The Balaban J connectivity index is 1.31. The molecule has 4 rings (SSSR count). The molecule has 0 aromatic carbocycles. The van der Waals surface area contributed by atoms with Gasteiger partial charge in [-0.1, -0.05) is 0 Å². The second-order valence-electron chi connectivity index (χ2n) is 7.54. The van der Waals surface area contributed by atoms with Gasteiger partial charge in [0, 0.05) is 29.9 Å². The lowest BCUT2D eigenvalue weighted by Gasteiger charge is -2.16. The molecular formula is C18H24N6O3. The molecule has 0 spiro atoms. The summed E-state index contributed by atoms with van der Waals surface area (Å²) in [5.41, 5.74) is 0.781. The van der Waals surface area contributed by atoms with Crippen molar-refractivity contribution in [2.75, 3.05) is 5.32 Å². The third-order valence-corrected chi connectivity index (χ3v) is 5.19. The number of aromatic amines is 1. The van der Waals surface area contributed by atoms with Gasteiger partial charge in [-0.25, -0.2) is 14.8 Å². The largest absolute Gasteiger partial charge is 0.443 e. The van der Waals surface area contributed by atoms with E-state index in [0.717, 1.165) is 37.8 Å². The van der Waals surface area contributed by atoms with Crippen LogP contribution in [0.15, 0.2) is 18.3 Å². The molecule has 9 nitrogen and oxygen atoms in total. The molecule has 27 heavy (non-hydrogen) atoms. The van der Waals surface area contributed by atoms with E-state index < -0.39 is 0 Å². The molecule has 2 atom stereocenters. The fraction of sp³-hybridized carbons (Fsp3) is 0.556. The Morgan fingerprint density at radius 2 is 2.26 bits per heavy atom. The number of carbonyl (C=O) groups is 1. The van der Waals surface area contributed by atoms with Gasteiger partial charge in [-0.15, -0.1) is 0 Å². The predicted molar refractivity (Wildman–Crippen MR) is 97.5 cm³/mol. The van der Waals surface area contributed by atoms with E-state index in [2.05, 4.69) is 30.8 Å². The van der Waals surface area contributed by atoms with E-state index in [1.54, 1.807) is 12.3 Å². The summed E-state index contributed by atoms with van der Waals surface area (Å²) in [5, 5.41) is 22.6. The predicted octanol–water partition coefficient (Wildman–Crippen LogP) is 2.35. The maximum Gasteiger partial charge on any atom is 0.407 e. The van der Waals surface area contributed by atoms with Crippen molar-refractivity contribution < 1.29 is 14.6 Å². The van der Waals surface area contributed by atoms with Gasteiger partial charge < -0.3 is 20.5 Å². The van der Waals surface area contributed by atoms with Gasteiger partial charge in [0.05, 0.1) is 0 Å². The Labute approximate surface area is 156 Å². The Hall–Kier alpha value is -2.68. The van der Waals surface area contributed by atoms with Crippen molar-refractivity contribution >= 4 is 17.7 Å². The number of aliphatic hydroxyl groups is 1. The Kier molecular flexibility index (Phi) is 4.69. The molecule has 0 aliphatic heterocycles. The highest BCUT2D eigenvalue weighted by molar-refractivity contribution is 5.68. The van der Waals surface area contributed by atoms with Crippen LogP contribution in [0, 0.1) is 0 Å². The number of carbonyl (C=O) groups excluding carboxylic acids is 1. The SMILES string of the molecule is CC1(OC(=O)N[C@@H]2CC[C@H](c3cc(Nc4ccnc(CO)n4)n[nH]3)C2)CC1. The van der Waals surface area contributed by atoms with E-state index in [0.29, 0.717) is 23.4 Å². The third kappa shape index (κ3) is 4.36. The summed E-state index contributed by atoms with van der Waals surface area (Å²) >= 11 is 0. The number of H-pyrrole nitrogens is 1. The monoisotopic (exact) mass is 372 g/mol. The highest BCUT2D eigenvalue weighted by atomic mass is 16.6. The van der Waals surface area contributed by atoms with Gasteiger partial charge in [0.2, 0.25) is 0 Å². The average Bonchev–Trinajstić information content (AvgIpc) is 3.02. The average molecular weight is 372 g/mol. The Morgan fingerprint density at radius 3 is 3.04 bits per heavy atom. The number of aromatic nitrogens is 4. The number of nitrogens with zero attached hydrogens (tertiary/aromatic N) is 3. The topological polar surface area (TPSA) is 125 Å². The maximum atomic E-state index is 12.0. The van der Waals surface area contributed by atoms with Crippen molar-refractivity contribution in [3.63, 3.8) is 0 Å². The van der Waals surface area contributed by atoms with Crippen LogP contribution in [0.25, 0.3) is 0 Å². The van der Waals surface area contributed by atoms with Crippen LogP contribution in [0.1, 0.15) is 56.5 Å². The van der Waals surface area contributed by atoms with Crippen LogP contribution in [0.2, 0.25) is 0 Å². The molecule has 2 aliphatic rings. The lowest BCUT2D eigenvalue weighted by molar-refractivity contribution is 0.0904. The molecule has 2 aliphatic carbocycles. The molecule has 0 saturated heterocycles. The summed E-state index contributed by atoms with van der Waals surface area (Å²) in [5.74, 6) is 1.90. The molecule has 2 heterocycles. The molecule has 2 aromatic heterocycles. The number of aliphatic hydroxyl groups excluding tert-OH is 1. The zero-order valence-electron chi connectivity index (χ0n) is 15.2. The van der Waals surface area contributed by atoms with Crippen molar-refractivity contribution in [1.29, 1.82) is 0 Å². The number of ether oxygens (including phenoxy) is 1. The molecule has 4 N–H and O–H groups in total. The van der Waals surface area contributed by atoms with Gasteiger partial charge in [0.25, 0.3) is 0 Å². The van der Waals surface area contributed by atoms with E-state index in [1.807, 2.05) is 13.0 Å². The van der Waals surface area contributed by atoms with E-state index in [1.165, 1.54) is 0 Å². The van der Waals surface area contributed by atoms with Crippen molar-refractivity contribution in [3.8, 4) is 0 Å². The summed E-state index contributed by atoms with van der Waals surface area (Å²) in [6.45, 7) is 1.75. The van der Waals surface area contributed by atoms with Gasteiger partial charge in [-0.3, -0.25) is 5.10 Å². The van der Waals surface area contributed by atoms with Crippen LogP contribution in [0.4, 0.5) is 16.4 Å². The van der Waals surface area contributed by atoms with E-state index >= 15 is 0 Å². The van der Waals surface area contributed by atoms with Gasteiger partial charge in [0.15, 0.2) is 11.6 Å². The molecule has 0 unspecified atom stereocenters. The third-order valence-electron chi connectivity index (χ3n) is 5.19. The van der Waals surface area contributed by atoms with Crippen LogP contribution in [0.3, 0.4) is 0 Å². The number of nitrogens with one attached hydrogen (secondary N) is 3. The Bertz CT molecular complexity index is 819. The van der Waals surface area contributed by atoms with Gasteiger partial charge in [-0.2, -0.15) is 5.10 Å². The number of amides is 1. The minimum atomic E-state index is -0.309. The van der Waals surface area contributed by atoms with E-state index in [9.17, 15) is 4.79 Å². The highest BCUT2D eigenvalue weighted by Gasteiger charge is 2.42. The smallest absolute Gasteiger partial charge is 0.407 e. The van der Waals surface area contributed by atoms with Crippen molar-refractivity contribution in [2.45, 2.75) is 63.2 Å². The van der Waals surface area contributed by atoms with E-state index in [4.69, 9.17) is 9.84 Å². The number of hydrogen-bond donors (Lipinski definition) is 4. The first-order chi connectivity index (χ1) is 13.0. The zero-order chi connectivity index (χ0) is 18.9. The number of anilines is 2. The number of rotatable bonds is 6. The van der Waals surface area contributed by atoms with E-state index in [-0.39, 0.29) is 24.3 Å². The quantitative estimate of drug-likeness (QED) is 0.613. The molecule has 0 bridgehead atoms. The lowest BCUT2D eigenvalue weighted by atomic mass is 10.0. The van der Waals surface area contributed by atoms with Gasteiger partial charge in [0.1, 0.15) is 18.0 Å². The molecule has 0 radical (unpaired) electrons. The second kappa shape index (κ2) is 7.15. The summed E-state index contributed by atoms with van der Waals surface area (Å²) in [4.78, 5) is 20.1. The van der Waals surface area contributed by atoms with Crippen LogP contribution in [-0.4, -0.2) is 43.0 Å². The molecule has 2 fully saturated rings. The molecule has 2 aromatic rings. The second-order valence-corrected chi connectivity index (χ2v) is 7.54. The molecule has 2 saturated carbocycles. The van der Waals surface area contributed by atoms with Crippen LogP contribution in [-0.2, 0) is 11.3 Å². The summed E-state index contributed by atoms with van der Waals surface area (Å²) in [6, 6.07) is 3.80. The summed E-state index contributed by atoms with van der Waals surface area (Å²) < 4.78 is 5.43. The normalized spacial score (nSPS) is 23.0. The fourth-order valence-electron chi connectivity index (χ4n) is 3.38. The molecule has 1 amide bonds. The first-order valence-electron chi connectivity index (χ1n) is 9.28. The van der Waals surface area contributed by atoms with Crippen LogP contribution in [0.5, 0.6) is 0 Å².